The van der Waals surface area contributed by atoms with Crippen LogP contribution < -0.4 is 0 Å². The van der Waals surface area contributed by atoms with E-state index in [0.29, 0.717) is 0 Å². The Balaban J connectivity index is 4.21. The highest BCUT2D eigenvalue weighted by atomic mass is 32.3. The van der Waals surface area contributed by atoms with Gasteiger partial charge in [-0.1, -0.05) is 13.3 Å². The van der Waals surface area contributed by atoms with Crippen molar-refractivity contribution >= 4 is 15.3 Å². The maximum atomic E-state index is 11.8. The van der Waals surface area contributed by atoms with E-state index in [2.05, 4.69) is 6.92 Å². The highest BCUT2D eigenvalue weighted by molar-refractivity contribution is 8.44. The second kappa shape index (κ2) is 5.06. The molecule has 0 unspecified atom stereocenters. The zero-order valence-corrected chi connectivity index (χ0v) is 11.2. The average molecular weight is 220 g/mol. The summed E-state index contributed by atoms with van der Waals surface area (Å²) in [4.78, 5) is 11.8. The van der Waals surface area contributed by atoms with Gasteiger partial charge in [-0.05, 0) is 45.5 Å². The first-order chi connectivity index (χ1) is 6.19. The third-order valence-corrected chi connectivity index (χ3v) is 4.14. The minimum atomic E-state index is -1.22. The summed E-state index contributed by atoms with van der Waals surface area (Å²) in [6.07, 6.45) is 6.33. The summed E-state index contributed by atoms with van der Waals surface area (Å²) in [6.45, 7) is 7.89. The SMILES string of the molecule is CCCCS(C)(C)C(=O)OC(C)(C)C. The molecule has 0 rings (SSSR count). The maximum absolute atomic E-state index is 11.8. The molecule has 14 heavy (non-hydrogen) atoms. The molecule has 0 aliphatic heterocycles. The summed E-state index contributed by atoms with van der Waals surface area (Å²) >= 11 is 0. The van der Waals surface area contributed by atoms with Crippen molar-refractivity contribution in [3.63, 3.8) is 0 Å². The van der Waals surface area contributed by atoms with Crippen molar-refractivity contribution in [2.24, 2.45) is 0 Å². The topological polar surface area (TPSA) is 26.3 Å². The lowest BCUT2D eigenvalue weighted by Crippen LogP contribution is -2.26. The van der Waals surface area contributed by atoms with Gasteiger partial charge in [-0.15, -0.1) is 10.0 Å². The van der Waals surface area contributed by atoms with E-state index in [-0.39, 0.29) is 10.9 Å². The Kier molecular flexibility index (Phi) is 4.99. The molecule has 0 spiro atoms. The van der Waals surface area contributed by atoms with Crippen LogP contribution >= 0.6 is 10.0 Å². The summed E-state index contributed by atoms with van der Waals surface area (Å²) in [7, 11) is -1.22. The first-order valence-corrected chi connectivity index (χ1v) is 7.75. The van der Waals surface area contributed by atoms with Crippen molar-refractivity contribution < 1.29 is 9.53 Å². The molecule has 0 aliphatic carbocycles. The van der Waals surface area contributed by atoms with Gasteiger partial charge in [0.05, 0.1) is 0 Å². The van der Waals surface area contributed by atoms with E-state index >= 15 is 0 Å². The largest absolute Gasteiger partial charge is 0.453 e. The molecule has 0 bridgehead atoms. The van der Waals surface area contributed by atoms with Gasteiger partial charge in [-0.3, -0.25) is 0 Å². The molecule has 0 atom stereocenters. The second-order valence-corrected chi connectivity index (χ2v) is 8.88. The van der Waals surface area contributed by atoms with Gasteiger partial charge in [0.2, 0.25) is 0 Å². The van der Waals surface area contributed by atoms with Gasteiger partial charge >= 0.3 is 5.30 Å². The van der Waals surface area contributed by atoms with Gasteiger partial charge < -0.3 is 4.74 Å². The van der Waals surface area contributed by atoms with Gasteiger partial charge in [0.1, 0.15) is 5.60 Å². The zero-order valence-electron chi connectivity index (χ0n) is 10.3. The van der Waals surface area contributed by atoms with E-state index in [4.69, 9.17) is 4.74 Å². The lowest BCUT2D eigenvalue weighted by molar-refractivity contribution is 0.0730. The summed E-state index contributed by atoms with van der Waals surface area (Å²) in [5.74, 6) is 0.985. The number of hydrogen-bond acceptors (Lipinski definition) is 2. The highest BCUT2D eigenvalue weighted by Crippen LogP contribution is 2.43. The fourth-order valence-corrected chi connectivity index (χ4v) is 2.60. The molecule has 0 heterocycles. The van der Waals surface area contributed by atoms with E-state index in [1.165, 1.54) is 0 Å². The fraction of sp³-hybridized carbons (Fsp3) is 0.909. The Hall–Kier alpha value is -0.180. The number of carbonyl (C=O) groups is 1. The van der Waals surface area contributed by atoms with E-state index < -0.39 is 10.0 Å². The second-order valence-electron chi connectivity index (χ2n) is 5.06. The van der Waals surface area contributed by atoms with Crippen LogP contribution in [0.15, 0.2) is 0 Å². The van der Waals surface area contributed by atoms with Crippen molar-refractivity contribution in [3.05, 3.63) is 0 Å². The minimum absolute atomic E-state index is 0.00144. The predicted molar refractivity (Wildman–Crippen MR) is 65.4 cm³/mol. The molecule has 0 saturated carbocycles. The van der Waals surface area contributed by atoms with E-state index in [0.717, 1.165) is 18.6 Å². The molecule has 0 N–H and O–H groups in total. The summed E-state index contributed by atoms with van der Waals surface area (Å²) in [5.41, 5.74) is -0.354. The summed E-state index contributed by atoms with van der Waals surface area (Å²) < 4.78 is 5.40. The molecule has 0 aromatic heterocycles. The normalized spacial score (nSPS) is 13.9. The molecule has 2 nitrogen and oxygen atoms in total. The standard InChI is InChI=1S/C11H24O2S/c1-7-8-9-14(5,6)10(12)13-11(2,3)4/h7-9H2,1-6H3. The number of ether oxygens (including phenoxy) is 1. The van der Waals surface area contributed by atoms with Crippen LogP contribution in [0, 0.1) is 0 Å². The highest BCUT2D eigenvalue weighted by Gasteiger charge is 2.27. The first kappa shape index (κ1) is 13.8. The number of hydrogen-bond donors (Lipinski definition) is 0. The van der Waals surface area contributed by atoms with Gasteiger partial charge in [0.15, 0.2) is 0 Å². The lowest BCUT2D eigenvalue weighted by atomic mass is 10.2. The molecule has 0 amide bonds. The van der Waals surface area contributed by atoms with Gasteiger partial charge in [0.25, 0.3) is 0 Å². The Bertz CT molecular complexity index is 192. The maximum Gasteiger partial charge on any atom is 0.349 e. The summed E-state index contributed by atoms with van der Waals surface area (Å²) in [6, 6.07) is 0. The van der Waals surface area contributed by atoms with Crippen molar-refractivity contribution in [1.29, 1.82) is 0 Å². The molecule has 0 radical (unpaired) electrons. The zero-order chi connectivity index (χ0) is 11.4. The van der Waals surface area contributed by atoms with Crippen molar-refractivity contribution in [3.8, 4) is 0 Å². The van der Waals surface area contributed by atoms with Gasteiger partial charge in [-0.25, -0.2) is 4.79 Å². The van der Waals surface area contributed by atoms with E-state index in [1.807, 2.05) is 33.3 Å². The fourth-order valence-electron chi connectivity index (χ4n) is 0.951. The first-order valence-electron chi connectivity index (χ1n) is 5.13. The monoisotopic (exact) mass is 220 g/mol. The lowest BCUT2D eigenvalue weighted by Gasteiger charge is -2.32. The molecule has 0 aromatic rings. The Morgan fingerprint density at radius 2 is 1.79 bits per heavy atom. The average Bonchev–Trinajstić information content (AvgIpc) is 1.97. The van der Waals surface area contributed by atoms with E-state index in [9.17, 15) is 4.79 Å². The Morgan fingerprint density at radius 3 is 2.14 bits per heavy atom. The summed E-state index contributed by atoms with van der Waals surface area (Å²) in [5, 5.41) is -0.00144. The number of carbonyl (C=O) groups excluding carboxylic acids is 1. The molecule has 0 fully saturated rings. The van der Waals surface area contributed by atoms with Crippen LogP contribution in [0.2, 0.25) is 0 Å². The Labute approximate surface area is 89.7 Å². The molecule has 0 aromatic carbocycles. The third kappa shape index (κ3) is 5.53. The third-order valence-electron chi connectivity index (χ3n) is 1.85. The Morgan fingerprint density at radius 1 is 1.29 bits per heavy atom. The van der Waals surface area contributed by atoms with Crippen molar-refractivity contribution in [1.82, 2.24) is 0 Å². The molecule has 86 valence electrons. The van der Waals surface area contributed by atoms with Crippen LogP contribution in [0.3, 0.4) is 0 Å². The van der Waals surface area contributed by atoms with Crippen molar-refractivity contribution in [2.75, 3.05) is 18.3 Å². The molecule has 3 heteroatoms. The molecular weight excluding hydrogens is 196 g/mol. The minimum Gasteiger partial charge on any atom is -0.453 e. The van der Waals surface area contributed by atoms with Crippen LogP contribution in [0.4, 0.5) is 4.79 Å². The van der Waals surface area contributed by atoms with Gasteiger partial charge in [0, 0.05) is 0 Å². The molecule has 0 saturated heterocycles. The van der Waals surface area contributed by atoms with Crippen LogP contribution in [0.5, 0.6) is 0 Å². The van der Waals surface area contributed by atoms with Gasteiger partial charge in [-0.2, -0.15) is 0 Å². The van der Waals surface area contributed by atoms with Crippen LogP contribution in [0.1, 0.15) is 40.5 Å². The van der Waals surface area contributed by atoms with Crippen LogP contribution in [-0.2, 0) is 4.74 Å². The molecule has 0 aliphatic rings. The van der Waals surface area contributed by atoms with Crippen LogP contribution in [-0.4, -0.2) is 29.2 Å². The van der Waals surface area contributed by atoms with E-state index in [1.54, 1.807) is 0 Å². The smallest absolute Gasteiger partial charge is 0.349 e. The van der Waals surface area contributed by atoms with Crippen molar-refractivity contribution in [2.45, 2.75) is 46.1 Å². The van der Waals surface area contributed by atoms with Crippen LogP contribution in [0.25, 0.3) is 0 Å². The number of unbranched alkanes of at least 4 members (excludes halogenated alkanes) is 1. The quantitative estimate of drug-likeness (QED) is 0.676. The predicted octanol–water partition coefficient (Wildman–Crippen LogP) is 3.79. The molecular formula is C11H24O2S. The number of rotatable bonds is 3.